The molecule has 1 aliphatic rings. The molecule has 150 valence electrons. The van der Waals surface area contributed by atoms with Gasteiger partial charge in [-0.3, -0.25) is 9.69 Å². The lowest BCUT2D eigenvalue weighted by Crippen LogP contribution is -2.50. The van der Waals surface area contributed by atoms with Crippen LogP contribution in [0.25, 0.3) is 0 Å². The number of rotatable bonds is 5. The number of nitrogens with one attached hydrogen (secondary N) is 1. The summed E-state index contributed by atoms with van der Waals surface area (Å²) >= 11 is 3.38. The lowest BCUT2D eigenvalue weighted by Gasteiger charge is -2.33. The number of amides is 1. The molecule has 28 heavy (non-hydrogen) atoms. The van der Waals surface area contributed by atoms with Crippen LogP contribution in [0.4, 0.5) is 5.69 Å². The first-order chi connectivity index (χ1) is 13.3. The van der Waals surface area contributed by atoms with E-state index in [4.69, 9.17) is 0 Å². The number of carbonyl (C=O) groups excluding carboxylic acids is 1. The van der Waals surface area contributed by atoms with Gasteiger partial charge < -0.3 is 5.32 Å². The lowest BCUT2D eigenvalue weighted by atomic mass is 10.1. The van der Waals surface area contributed by atoms with Crippen LogP contribution >= 0.6 is 15.9 Å². The molecular weight excluding hydrogens is 442 g/mol. The van der Waals surface area contributed by atoms with Gasteiger partial charge in [-0.25, -0.2) is 8.42 Å². The average molecular weight is 466 g/mol. The molecule has 8 heteroatoms. The third-order valence-corrected chi connectivity index (χ3v) is 7.31. The smallest absolute Gasteiger partial charge is 0.243 e. The molecule has 0 aliphatic carbocycles. The van der Waals surface area contributed by atoms with Crippen molar-refractivity contribution in [2.24, 2.45) is 0 Å². The summed E-state index contributed by atoms with van der Waals surface area (Å²) in [6, 6.07) is 12.6. The lowest BCUT2D eigenvalue weighted by molar-refractivity contribution is -0.117. The van der Waals surface area contributed by atoms with Crippen molar-refractivity contribution in [3.05, 3.63) is 58.1 Å². The first kappa shape index (κ1) is 21.0. The second-order valence-corrected chi connectivity index (χ2v) is 9.84. The second kappa shape index (κ2) is 8.73. The van der Waals surface area contributed by atoms with Crippen LogP contribution in [0.1, 0.15) is 11.1 Å². The normalized spacial score (nSPS) is 16.1. The minimum atomic E-state index is -3.51. The zero-order valence-corrected chi connectivity index (χ0v) is 18.4. The van der Waals surface area contributed by atoms with Crippen LogP contribution < -0.4 is 5.32 Å². The molecule has 0 radical (unpaired) electrons. The monoisotopic (exact) mass is 465 g/mol. The number of hydrogen-bond donors (Lipinski definition) is 1. The summed E-state index contributed by atoms with van der Waals surface area (Å²) < 4.78 is 28.2. The Morgan fingerprint density at radius 2 is 1.75 bits per heavy atom. The van der Waals surface area contributed by atoms with Crippen molar-refractivity contribution < 1.29 is 13.2 Å². The quantitative estimate of drug-likeness (QED) is 0.736. The molecule has 0 bridgehead atoms. The minimum absolute atomic E-state index is 0.108. The number of carbonyl (C=O) groups is 1. The number of aryl methyl sites for hydroxylation is 2. The molecule has 1 N–H and O–H groups in total. The van der Waals surface area contributed by atoms with E-state index in [0.29, 0.717) is 31.1 Å². The summed E-state index contributed by atoms with van der Waals surface area (Å²) in [4.78, 5) is 14.6. The van der Waals surface area contributed by atoms with Crippen LogP contribution in [-0.2, 0) is 14.8 Å². The van der Waals surface area contributed by atoms with Crippen molar-refractivity contribution in [2.45, 2.75) is 18.7 Å². The molecule has 0 spiro atoms. The van der Waals surface area contributed by atoms with Crippen molar-refractivity contribution in [3.63, 3.8) is 0 Å². The van der Waals surface area contributed by atoms with Crippen LogP contribution in [-0.4, -0.2) is 56.3 Å². The van der Waals surface area contributed by atoms with Crippen LogP contribution in [0.5, 0.6) is 0 Å². The van der Waals surface area contributed by atoms with Crippen LogP contribution in [0.3, 0.4) is 0 Å². The predicted molar refractivity (Wildman–Crippen MR) is 114 cm³/mol. The highest BCUT2D eigenvalue weighted by atomic mass is 79.9. The third-order valence-electron chi connectivity index (χ3n) is 4.92. The number of halogens is 1. The van der Waals surface area contributed by atoms with E-state index in [2.05, 4.69) is 21.2 Å². The summed E-state index contributed by atoms with van der Waals surface area (Å²) in [5.41, 5.74) is 2.76. The van der Waals surface area contributed by atoms with Gasteiger partial charge in [-0.1, -0.05) is 28.1 Å². The van der Waals surface area contributed by atoms with E-state index in [9.17, 15) is 13.2 Å². The van der Waals surface area contributed by atoms with Gasteiger partial charge in [-0.15, -0.1) is 0 Å². The molecule has 1 aliphatic heterocycles. The molecule has 1 saturated heterocycles. The van der Waals surface area contributed by atoms with Crippen molar-refractivity contribution in [3.8, 4) is 0 Å². The van der Waals surface area contributed by atoms with Gasteiger partial charge in [0.1, 0.15) is 0 Å². The average Bonchev–Trinajstić information content (AvgIpc) is 2.64. The Kier molecular flexibility index (Phi) is 6.54. The summed E-state index contributed by atoms with van der Waals surface area (Å²) in [7, 11) is -3.51. The van der Waals surface area contributed by atoms with E-state index in [1.54, 1.807) is 12.1 Å². The molecule has 1 heterocycles. The second-order valence-electron chi connectivity index (χ2n) is 6.98. The zero-order valence-electron chi connectivity index (χ0n) is 16.0. The Morgan fingerprint density at radius 3 is 2.39 bits per heavy atom. The predicted octanol–water partition coefficient (Wildman–Crippen LogP) is 3.01. The third kappa shape index (κ3) is 5.00. The van der Waals surface area contributed by atoms with E-state index in [1.165, 1.54) is 4.31 Å². The molecule has 6 nitrogen and oxygen atoms in total. The molecule has 1 amide bonds. The maximum atomic E-state index is 12.9. The van der Waals surface area contributed by atoms with Gasteiger partial charge in [0.2, 0.25) is 15.9 Å². The number of piperazine rings is 1. The van der Waals surface area contributed by atoms with Gasteiger partial charge in [-0.2, -0.15) is 4.31 Å². The maximum Gasteiger partial charge on any atom is 0.243 e. The molecule has 2 aromatic rings. The molecule has 0 atom stereocenters. The Morgan fingerprint density at radius 1 is 1.04 bits per heavy atom. The van der Waals surface area contributed by atoms with Crippen LogP contribution in [0.15, 0.2) is 51.8 Å². The SMILES string of the molecule is Cc1ccc(S(=O)(=O)N2CCN(CC(=O)Nc3cccc(Br)c3)CC2)cc1C. The summed E-state index contributed by atoms with van der Waals surface area (Å²) in [6.45, 7) is 5.91. The number of nitrogens with zero attached hydrogens (tertiary/aromatic N) is 2. The standard InChI is InChI=1S/C20H24BrN3O3S/c1-15-6-7-19(12-16(15)2)28(26,27)24-10-8-23(9-11-24)14-20(25)22-18-5-3-4-17(21)13-18/h3-7,12-13H,8-11,14H2,1-2H3,(H,22,25). The summed E-state index contributed by atoms with van der Waals surface area (Å²) in [5, 5.41) is 2.87. The Labute approximate surface area is 174 Å². The first-order valence-electron chi connectivity index (χ1n) is 9.11. The molecule has 0 saturated carbocycles. The molecule has 3 rings (SSSR count). The van der Waals surface area contributed by atoms with Crippen LogP contribution in [0.2, 0.25) is 0 Å². The molecule has 0 unspecified atom stereocenters. The molecule has 0 aromatic heterocycles. The fraction of sp³-hybridized carbons (Fsp3) is 0.350. The summed E-state index contributed by atoms with van der Waals surface area (Å²) in [5.74, 6) is -0.108. The van der Waals surface area contributed by atoms with Gasteiger partial charge in [0, 0.05) is 36.3 Å². The van der Waals surface area contributed by atoms with Gasteiger partial charge in [0.05, 0.1) is 11.4 Å². The number of hydrogen-bond acceptors (Lipinski definition) is 4. The highest BCUT2D eigenvalue weighted by Crippen LogP contribution is 2.20. The number of sulfonamides is 1. The van der Waals surface area contributed by atoms with Crippen molar-refractivity contribution in [2.75, 3.05) is 38.0 Å². The number of anilines is 1. The fourth-order valence-electron chi connectivity index (χ4n) is 3.12. The van der Waals surface area contributed by atoms with Crippen molar-refractivity contribution in [1.82, 2.24) is 9.21 Å². The Bertz CT molecular complexity index is 970. The molecule has 2 aromatic carbocycles. The highest BCUT2D eigenvalue weighted by molar-refractivity contribution is 9.10. The topological polar surface area (TPSA) is 69.7 Å². The first-order valence-corrected chi connectivity index (χ1v) is 11.3. The molecule has 1 fully saturated rings. The van der Waals surface area contributed by atoms with E-state index in [1.807, 2.05) is 49.1 Å². The Balaban J connectivity index is 1.56. The zero-order chi connectivity index (χ0) is 20.3. The van der Waals surface area contributed by atoms with Gasteiger partial charge >= 0.3 is 0 Å². The summed E-state index contributed by atoms with van der Waals surface area (Å²) in [6.07, 6.45) is 0. The number of benzene rings is 2. The molecular formula is C20H24BrN3O3S. The van der Waals surface area contributed by atoms with E-state index < -0.39 is 10.0 Å². The maximum absolute atomic E-state index is 12.9. The van der Waals surface area contributed by atoms with Gasteiger partial charge in [0.15, 0.2) is 0 Å². The van der Waals surface area contributed by atoms with E-state index >= 15 is 0 Å². The largest absolute Gasteiger partial charge is 0.325 e. The fourth-order valence-corrected chi connectivity index (χ4v) is 5.03. The van der Waals surface area contributed by atoms with Gasteiger partial charge in [0.25, 0.3) is 0 Å². The minimum Gasteiger partial charge on any atom is -0.325 e. The van der Waals surface area contributed by atoms with E-state index in [0.717, 1.165) is 21.3 Å². The van der Waals surface area contributed by atoms with Crippen LogP contribution in [0, 0.1) is 13.8 Å². The van der Waals surface area contributed by atoms with E-state index in [-0.39, 0.29) is 12.5 Å². The van der Waals surface area contributed by atoms with Crippen molar-refractivity contribution >= 4 is 37.5 Å². The van der Waals surface area contributed by atoms with Gasteiger partial charge in [-0.05, 0) is 55.3 Å². The highest BCUT2D eigenvalue weighted by Gasteiger charge is 2.29. The Hall–Kier alpha value is -1.74. The van der Waals surface area contributed by atoms with Crippen molar-refractivity contribution in [1.29, 1.82) is 0 Å².